The van der Waals surface area contributed by atoms with Crippen LogP contribution in [-0.4, -0.2) is 0 Å². The van der Waals surface area contributed by atoms with Crippen LogP contribution in [0.25, 0.3) is 22.6 Å². The Morgan fingerprint density at radius 3 is 1.24 bits per heavy atom. The lowest BCUT2D eigenvalue weighted by Gasteiger charge is -2.17. The second-order valence-corrected chi connectivity index (χ2v) is 7.34. The molecular weight excluding hydrogens is 479 g/mol. The van der Waals surface area contributed by atoms with E-state index in [0.29, 0.717) is 0 Å². The molecule has 0 saturated heterocycles. The van der Waals surface area contributed by atoms with Crippen LogP contribution in [0.3, 0.4) is 0 Å². The minimum Gasteiger partial charge on any atom is -0.222 e. The Labute approximate surface area is 163 Å². The summed E-state index contributed by atoms with van der Waals surface area (Å²) in [7, 11) is -4.94. The van der Waals surface area contributed by atoms with Crippen LogP contribution >= 0.6 is 31.9 Å². The molecule has 0 amide bonds. The molecule has 0 radical (unpaired) electrons. The smallest absolute Gasteiger partial charge is 0.222 e. The maximum atomic E-state index is 8.49. The fourth-order valence-corrected chi connectivity index (χ4v) is 2.48. The zero-order chi connectivity index (χ0) is 18.4. The highest BCUT2D eigenvalue weighted by atomic mass is 79.9. The van der Waals surface area contributed by atoms with Gasteiger partial charge in [0.2, 0.25) is 0 Å². The average Bonchev–Trinajstić information content (AvgIpc) is 2.55. The van der Waals surface area contributed by atoms with Gasteiger partial charge in [0.25, 0.3) is 0 Å². The van der Waals surface area contributed by atoms with Crippen molar-refractivity contribution in [3.8, 4) is 22.6 Å². The summed E-state index contributed by atoms with van der Waals surface area (Å²) in [6.07, 6.45) is 0. The molecule has 0 aliphatic carbocycles. The van der Waals surface area contributed by atoms with Crippen LogP contribution < -0.4 is 18.6 Å². The molecule has 3 aromatic rings. The molecule has 0 spiro atoms. The molecule has 3 rings (SSSR count). The van der Waals surface area contributed by atoms with Crippen LogP contribution in [0.5, 0.6) is 0 Å². The number of rotatable bonds is 2. The van der Waals surface area contributed by atoms with Gasteiger partial charge < -0.3 is 0 Å². The molecule has 1 aromatic heterocycles. The first-order valence-corrected chi connectivity index (χ1v) is 9.61. The highest BCUT2D eigenvalue weighted by Gasteiger charge is 2.16. The van der Waals surface area contributed by atoms with Gasteiger partial charge in [0, 0.05) is 21.1 Å². The van der Waals surface area contributed by atoms with Crippen LogP contribution in [0.4, 0.5) is 0 Å². The van der Waals surface area contributed by atoms with E-state index in [2.05, 4.69) is 31.9 Å². The van der Waals surface area contributed by atoms with Gasteiger partial charge in [-0.1, -0.05) is 31.9 Å². The van der Waals surface area contributed by atoms with Crippen molar-refractivity contribution in [3.05, 3.63) is 75.7 Å². The van der Waals surface area contributed by atoms with Gasteiger partial charge in [0.05, 0.1) is 11.1 Å². The summed E-state index contributed by atoms with van der Waals surface area (Å²) >= 11 is 6.88. The van der Waals surface area contributed by atoms with Crippen LogP contribution in [0.15, 0.2) is 80.1 Å². The third kappa shape index (κ3) is 7.21. The second kappa shape index (κ2) is 8.86. The van der Waals surface area contributed by atoms with Gasteiger partial charge in [-0.3, -0.25) is 0 Å². The predicted molar refractivity (Wildman–Crippen MR) is 89.4 cm³/mol. The highest BCUT2D eigenvalue weighted by Crippen LogP contribution is 2.28. The molecule has 5 nitrogen and oxygen atoms in total. The molecule has 0 N–H and O–H groups in total. The molecule has 0 fully saturated rings. The number of hydrogen-bond acceptors (Lipinski definition) is 4. The number of hydrogen-bond donors (Lipinski definition) is 0. The standard InChI is InChI=1S/C17H11Br2O.ClHO4/c18-14-8-4-12(5-9-14)16-2-1-3-17(20-16)13-6-10-15(19)11-7-13;2-1(3,4)5/h1-11H;(H,2,3,4,5)/q+1;/p-1. The lowest BCUT2D eigenvalue weighted by Crippen LogP contribution is -2.68. The van der Waals surface area contributed by atoms with E-state index in [0.717, 1.165) is 31.6 Å². The summed E-state index contributed by atoms with van der Waals surface area (Å²) in [6.45, 7) is 0. The van der Waals surface area contributed by atoms with Crippen molar-refractivity contribution in [3.63, 3.8) is 0 Å². The summed E-state index contributed by atoms with van der Waals surface area (Å²) in [5, 5.41) is 0. The molecule has 2 aromatic carbocycles. The fraction of sp³-hybridized carbons (Fsp3) is 0. The van der Waals surface area contributed by atoms with Crippen LogP contribution in [0, 0.1) is 10.2 Å². The quantitative estimate of drug-likeness (QED) is 0.509. The van der Waals surface area contributed by atoms with E-state index in [1.54, 1.807) is 0 Å². The van der Waals surface area contributed by atoms with Crippen molar-refractivity contribution in [1.29, 1.82) is 0 Å². The minimum atomic E-state index is -4.94. The van der Waals surface area contributed by atoms with E-state index in [1.165, 1.54) is 0 Å². The van der Waals surface area contributed by atoms with E-state index in [-0.39, 0.29) is 0 Å². The summed E-state index contributed by atoms with van der Waals surface area (Å²) in [4.78, 5) is 0. The molecule has 130 valence electrons. The largest absolute Gasteiger partial charge is 0.360 e. The zero-order valence-electron chi connectivity index (χ0n) is 12.5. The van der Waals surface area contributed by atoms with Gasteiger partial charge in [0.1, 0.15) is 0 Å². The monoisotopic (exact) mass is 488 g/mol. The third-order valence-electron chi connectivity index (χ3n) is 2.97. The van der Waals surface area contributed by atoms with Crippen molar-refractivity contribution >= 4 is 31.9 Å². The van der Waals surface area contributed by atoms with E-state index in [1.807, 2.05) is 66.7 Å². The van der Waals surface area contributed by atoms with E-state index in [4.69, 9.17) is 23.1 Å². The molecule has 1 heterocycles. The Morgan fingerprint density at radius 1 is 0.600 bits per heavy atom. The first kappa shape index (κ1) is 20.0. The molecule has 0 aliphatic heterocycles. The van der Waals surface area contributed by atoms with Gasteiger partial charge in [-0.2, -0.15) is 0 Å². The maximum absolute atomic E-state index is 8.49. The van der Waals surface area contributed by atoms with E-state index >= 15 is 0 Å². The minimum absolute atomic E-state index is 0.859. The highest BCUT2D eigenvalue weighted by molar-refractivity contribution is 9.10. The lowest BCUT2D eigenvalue weighted by atomic mass is 10.1. The third-order valence-corrected chi connectivity index (χ3v) is 4.03. The van der Waals surface area contributed by atoms with Gasteiger partial charge in [-0.25, -0.2) is 23.1 Å². The molecule has 8 heteroatoms. The SMILES string of the molecule is Brc1ccc(-c2cccc(-c3ccc(Br)cc3)[o+]2)cc1.[O-][Cl+3]([O-])([O-])[O-]. The summed E-state index contributed by atoms with van der Waals surface area (Å²) in [5.41, 5.74) is 2.12. The van der Waals surface area contributed by atoms with Crippen molar-refractivity contribution in [2.45, 2.75) is 0 Å². The van der Waals surface area contributed by atoms with E-state index in [9.17, 15) is 0 Å². The molecular formula is C17H11Br2ClO5. The predicted octanol–water partition coefficient (Wildman–Crippen LogP) is 1.66. The van der Waals surface area contributed by atoms with Gasteiger partial charge in [0.15, 0.2) is 0 Å². The Hall–Kier alpha value is -1.32. The van der Waals surface area contributed by atoms with Gasteiger partial charge in [-0.05, 0) is 54.6 Å². The Balaban J connectivity index is 0.000000399. The van der Waals surface area contributed by atoms with Crippen molar-refractivity contribution in [2.24, 2.45) is 0 Å². The topological polar surface area (TPSA) is 104 Å². The molecule has 0 aliphatic rings. The first-order valence-electron chi connectivity index (χ1n) is 6.79. The lowest BCUT2D eigenvalue weighted by molar-refractivity contribution is -2.00. The van der Waals surface area contributed by atoms with Crippen molar-refractivity contribution < 1.29 is 33.3 Å². The molecule has 0 atom stereocenters. The van der Waals surface area contributed by atoms with Gasteiger partial charge >= 0.3 is 11.5 Å². The van der Waals surface area contributed by atoms with Crippen LogP contribution in [0.1, 0.15) is 0 Å². The van der Waals surface area contributed by atoms with Crippen LogP contribution in [-0.2, 0) is 0 Å². The van der Waals surface area contributed by atoms with Crippen molar-refractivity contribution in [1.82, 2.24) is 0 Å². The number of benzene rings is 2. The number of halogens is 3. The summed E-state index contributed by atoms with van der Waals surface area (Å²) in [6, 6.07) is 22.2. The molecule has 0 unspecified atom stereocenters. The summed E-state index contributed by atoms with van der Waals surface area (Å²) < 4.78 is 42.1. The second-order valence-electron chi connectivity index (χ2n) is 4.75. The normalized spacial score (nSPS) is 10.8. The average molecular weight is 491 g/mol. The molecule has 25 heavy (non-hydrogen) atoms. The Bertz CT molecular complexity index is 751. The first-order chi connectivity index (χ1) is 11.7. The Morgan fingerprint density at radius 2 is 0.920 bits per heavy atom. The fourth-order valence-electron chi connectivity index (χ4n) is 1.95. The zero-order valence-corrected chi connectivity index (χ0v) is 16.5. The van der Waals surface area contributed by atoms with Crippen molar-refractivity contribution in [2.75, 3.05) is 0 Å². The van der Waals surface area contributed by atoms with Crippen LogP contribution in [0.2, 0.25) is 0 Å². The van der Waals surface area contributed by atoms with Gasteiger partial charge in [-0.15, -0.1) is 10.2 Å². The maximum Gasteiger partial charge on any atom is 0.360 e. The Kier molecular flexibility index (Phi) is 7.09. The van der Waals surface area contributed by atoms with E-state index < -0.39 is 10.2 Å². The molecule has 0 saturated carbocycles. The summed E-state index contributed by atoms with van der Waals surface area (Å²) in [5.74, 6) is 1.72. The molecule has 0 bridgehead atoms.